The maximum atomic E-state index is 8.80. The lowest BCUT2D eigenvalue weighted by Gasteiger charge is -2.38. The fourth-order valence-electron chi connectivity index (χ4n) is 4.08. The van der Waals surface area contributed by atoms with Crippen molar-refractivity contribution in [2.24, 2.45) is 0 Å². The second-order valence-corrected chi connectivity index (χ2v) is 7.94. The zero-order chi connectivity index (χ0) is 20.4. The minimum Gasteiger partial charge on any atom is -0.388 e. The van der Waals surface area contributed by atoms with Gasteiger partial charge in [-0.25, -0.2) is 0 Å². The molecule has 3 nitrogen and oxygen atoms in total. The maximum Gasteiger partial charge on any atom is 0.101 e. The van der Waals surface area contributed by atoms with E-state index in [1.807, 2.05) is 0 Å². The van der Waals surface area contributed by atoms with Gasteiger partial charge in [-0.1, -0.05) is 78.9 Å². The van der Waals surface area contributed by atoms with Crippen molar-refractivity contribution in [2.45, 2.75) is 57.5 Å². The normalized spacial score (nSPS) is 15.8. The molecule has 0 radical (unpaired) electrons. The van der Waals surface area contributed by atoms with Crippen molar-refractivity contribution in [2.75, 3.05) is 27.4 Å². The number of rotatable bonds is 6. The van der Waals surface area contributed by atoms with Crippen LogP contribution in [0.4, 0.5) is 0 Å². The van der Waals surface area contributed by atoms with Crippen molar-refractivity contribution in [3.05, 3.63) is 70.8 Å². The summed E-state index contributed by atoms with van der Waals surface area (Å²) < 4.78 is 9.25. The van der Waals surface area contributed by atoms with Crippen molar-refractivity contribution in [3.63, 3.8) is 0 Å². The van der Waals surface area contributed by atoms with Crippen molar-refractivity contribution in [1.29, 1.82) is 0 Å². The van der Waals surface area contributed by atoms with E-state index in [1.165, 1.54) is 54.4 Å². The average Bonchev–Trinajstić information content (AvgIpc) is 2.70. The van der Waals surface area contributed by atoms with E-state index in [0.29, 0.717) is 13.2 Å². The Labute approximate surface area is 170 Å². The fraction of sp³-hybridized carbons (Fsp3) is 0.520. The highest BCUT2D eigenvalue weighted by Crippen LogP contribution is 2.44. The molecule has 0 heterocycles. The van der Waals surface area contributed by atoms with Crippen molar-refractivity contribution in [1.82, 2.24) is 0 Å². The maximum absolute atomic E-state index is 8.80. The number of aryl methyl sites for hydroxylation is 2. The summed E-state index contributed by atoms with van der Waals surface area (Å²) in [4.78, 5) is 0. The van der Waals surface area contributed by atoms with Gasteiger partial charge in [0.1, 0.15) is 6.10 Å². The number of ether oxygens (including phenoxy) is 2. The van der Waals surface area contributed by atoms with E-state index < -0.39 is 6.10 Å². The lowest BCUT2D eigenvalue weighted by Crippen LogP contribution is -2.30. The Balaban J connectivity index is 0.000000300. The third-order valence-corrected chi connectivity index (χ3v) is 5.63. The van der Waals surface area contributed by atoms with Gasteiger partial charge in [-0.05, 0) is 37.8 Å². The monoisotopic (exact) mass is 384 g/mol. The van der Waals surface area contributed by atoms with Crippen LogP contribution in [0.25, 0.3) is 0 Å². The summed E-state index contributed by atoms with van der Waals surface area (Å²) in [6.45, 7) is 5.02. The first-order valence-electron chi connectivity index (χ1n) is 10.3. The van der Waals surface area contributed by atoms with Crippen LogP contribution in [0.3, 0.4) is 0 Å². The fourth-order valence-corrected chi connectivity index (χ4v) is 4.08. The lowest BCUT2D eigenvalue weighted by atomic mass is 9.65. The van der Waals surface area contributed by atoms with Crippen LogP contribution in [0.2, 0.25) is 0 Å². The summed E-state index contributed by atoms with van der Waals surface area (Å²) in [6.07, 6.45) is 6.19. The predicted octanol–water partition coefficient (Wildman–Crippen LogP) is 5.19. The molecule has 2 aromatic carbocycles. The molecule has 0 bridgehead atoms. The molecule has 0 aliphatic heterocycles. The van der Waals surface area contributed by atoms with Crippen LogP contribution in [-0.4, -0.2) is 38.6 Å². The van der Waals surface area contributed by atoms with Crippen LogP contribution in [0.1, 0.15) is 54.4 Å². The molecule has 0 atom stereocenters. The highest BCUT2D eigenvalue weighted by atomic mass is 16.5. The van der Waals surface area contributed by atoms with Crippen molar-refractivity contribution >= 4 is 0 Å². The molecule has 1 aliphatic carbocycles. The molecule has 3 rings (SSSR count). The highest BCUT2D eigenvalue weighted by molar-refractivity contribution is 5.41. The van der Waals surface area contributed by atoms with Gasteiger partial charge < -0.3 is 14.6 Å². The van der Waals surface area contributed by atoms with Crippen LogP contribution < -0.4 is 0 Å². The SMILES string of the molecule is COCC(O)COC.Cc1ccc(C2(c3ccc(C)cc3)CCCCC2)cc1. The number of methoxy groups -OCH3 is 2. The number of hydrogen-bond donors (Lipinski definition) is 1. The zero-order valence-electron chi connectivity index (χ0n) is 17.9. The second kappa shape index (κ2) is 11.4. The molecule has 1 aliphatic rings. The number of aliphatic hydroxyl groups excluding tert-OH is 1. The molecule has 28 heavy (non-hydrogen) atoms. The molecule has 0 amide bonds. The topological polar surface area (TPSA) is 38.7 Å². The minimum atomic E-state index is -0.481. The van der Waals surface area contributed by atoms with Gasteiger partial charge in [0.2, 0.25) is 0 Å². The molecule has 0 saturated heterocycles. The predicted molar refractivity (Wildman–Crippen MR) is 116 cm³/mol. The summed E-state index contributed by atoms with van der Waals surface area (Å²) in [5, 5.41) is 8.80. The molecule has 1 fully saturated rings. The first-order valence-corrected chi connectivity index (χ1v) is 10.3. The van der Waals surface area contributed by atoms with E-state index in [1.54, 1.807) is 14.2 Å². The Bertz CT molecular complexity index is 616. The lowest BCUT2D eigenvalue weighted by molar-refractivity contribution is 0.00980. The van der Waals surface area contributed by atoms with Crippen molar-refractivity contribution in [3.8, 4) is 0 Å². The van der Waals surface area contributed by atoms with E-state index in [9.17, 15) is 0 Å². The minimum absolute atomic E-state index is 0.250. The Morgan fingerprint density at radius 2 is 1.14 bits per heavy atom. The van der Waals surface area contributed by atoms with E-state index in [4.69, 9.17) is 5.11 Å². The number of aliphatic hydroxyl groups is 1. The quantitative estimate of drug-likeness (QED) is 0.744. The van der Waals surface area contributed by atoms with Crippen LogP contribution in [0.5, 0.6) is 0 Å². The Morgan fingerprint density at radius 1 is 0.750 bits per heavy atom. The number of benzene rings is 2. The Morgan fingerprint density at radius 3 is 1.50 bits per heavy atom. The molecule has 1 N–H and O–H groups in total. The van der Waals surface area contributed by atoms with E-state index >= 15 is 0 Å². The highest BCUT2D eigenvalue weighted by Gasteiger charge is 2.35. The van der Waals surface area contributed by atoms with Gasteiger partial charge in [0.05, 0.1) is 13.2 Å². The van der Waals surface area contributed by atoms with Crippen molar-refractivity contribution < 1.29 is 14.6 Å². The molecule has 0 unspecified atom stereocenters. The Kier molecular flexibility index (Phi) is 9.17. The zero-order valence-corrected chi connectivity index (χ0v) is 17.9. The van der Waals surface area contributed by atoms with Crippen LogP contribution in [0.15, 0.2) is 48.5 Å². The van der Waals surface area contributed by atoms with Gasteiger partial charge >= 0.3 is 0 Å². The standard InChI is InChI=1S/C20H24.C5H12O3/c1-16-6-10-18(11-7-16)20(14-4-3-5-15-20)19-12-8-17(2)9-13-19;1-7-3-5(6)4-8-2/h6-13H,3-5,14-15H2,1-2H3;5-6H,3-4H2,1-2H3. The van der Waals surface area contributed by atoms with Gasteiger partial charge in [0.15, 0.2) is 0 Å². The first-order chi connectivity index (χ1) is 13.5. The molecule has 154 valence electrons. The summed E-state index contributed by atoms with van der Waals surface area (Å²) in [7, 11) is 3.08. The molecule has 3 heteroatoms. The van der Waals surface area contributed by atoms with Gasteiger partial charge in [-0.15, -0.1) is 0 Å². The molecule has 0 spiro atoms. The third-order valence-electron chi connectivity index (χ3n) is 5.63. The largest absolute Gasteiger partial charge is 0.388 e. The summed E-state index contributed by atoms with van der Waals surface area (Å²) in [5.41, 5.74) is 5.96. The van der Waals surface area contributed by atoms with Crippen LogP contribution in [-0.2, 0) is 14.9 Å². The summed E-state index contributed by atoms with van der Waals surface area (Å²) >= 11 is 0. The van der Waals surface area contributed by atoms with Crippen LogP contribution >= 0.6 is 0 Å². The molecular weight excluding hydrogens is 348 g/mol. The molecule has 0 aromatic heterocycles. The van der Waals surface area contributed by atoms with E-state index in [-0.39, 0.29) is 5.41 Å². The number of hydrogen-bond acceptors (Lipinski definition) is 3. The van der Waals surface area contributed by atoms with Crippen LogP contribution in [0, 0.1) is 13.8 Å². The first kappa shape index (κ1) is 22.6. The smallest absolute Gasteiger partial charge is 0.101 e. The summed E-state index contributed by atoms with van der Waals surface area (Å²) in [6, 6.07) is 18.4. The summed E-state index contributed by atoms with van der Waals surface area (Å²) in [5.74, 6) is 0. The average molecular weight is 385 g/mol. The van der Waals surface area contributed by atoms with Gasteiger partial charge in [-0.3, -0.25) is 0 Å². The van der Waals surface area contributed by atoms with Gasteiger partial charge in [0.25, 0.3) is 0 Å². The van der Waals surface area contributed by atoms with E-state index in [2.05, 4.69) is 71.9 Å². The molecule has 2 aromatic rings. The second-order valence-electron chi connectivity index (χ2n) is 7.94. The molecule has 1 saturated carbocycles. The third kappa shape index (κ3) is 6.16. The molecular formula is C25H36O3. The van der Waals surface area contributed by atoms with E-state index in [0.717, 1.165) is 0 Å². The van der Waals surface area contributed by atoms with Gasteiger partial charge in [0, 0.05) is 19.6 Å². The Hall–Kier alpha value is -1.68. The van der Waals surface area contributed by atoms with Gasteiger partial charge in [-0.2, -0.15) is 0 Å².